The Morgan fingerprint density at radius 2 is 1.82 bits per heavy atom. The Balaban J connectivity index is 2.44. The molecule has 0 aliphatic rings. The summed E-state index contributed by atoms with van der Waals surface area (Å²) in [6.07, 6.45) is 1.85. The largest absolute Gasteiger partial charge is 0.454 e. The Morgan fingerprint density at radius 1 is 1.15 bits per heavy atom. The van der Waals surface area contributed by atoms with Crippen LogP contribution in [0.3, 0.4) is 0 Å². The van der Waals surface area contributed by atoms with Gasteiger partial charge >= 0.3 is 0 Å². The van der Waals surface area contributed by atoms with E-state index in [0.717, 1.165) is 12.8 Å². The maximum absolute atomic E-state index is 12.5. The van der Waals surface area contributed by atoms with Gasteiger partial charge < -0.3 is 15.0 Å². The molecule has 0 radical (unpaired) electrons. The van der Waals surface area contributed by atoms with Gasteiger partial charge in [0.15, 0.2) is 5.75 Å². The fourth-order valence-electron chi connectivity index (χ4n) is 3.05. The number of hydrogen-bond donors (Lipinski definition) is 2. The number of nitrogens with zero attached hydrogens (tertiary/aromatic N) is 1. The van der Waals surface area contributed by atoms with Crippen molar-refractivity contribution in [3.05, 3.63) is 48.0 Å². The molecule has 0 aliphatic carbocycles. The summed E-state index contributed by atoms with van der Waals surface area (Å²) in [6.45, 7) is 7.76. The van der Waals surface area contributed by atoms with Gasteiger partial charge in [0.1, 0.15) is 10.6 Å². The molecule has 0 fully saturated rings. The number of thioether (sulfide) groups is 1. The molecular formula is C23H31N3O4S3. The Morgan fingerprint density at radius 3 is 2.39 bits per heavy atom. The molecule has 2 aromatic carbocycles. The van der Waals surface area contributed by atoms with Crippen LogP contribution in [0.4, 0.5) is 5.69 Å². The zero-order chi connectivity index (χ0) is 24.4. The summed E-state index contributed by atoms with van der Waals surface area (Å²) in [5.74, 6) is 0.752. The normalized spacial score (nSPS) is 11.2. The van der Waals surface area contributed by atoms with Crippen LogP contribution in [0, 0.1) is 0 Å². The minimum atomic E-state index is -4.12. The van der Waals surface area contributed by atoms with Gasteiger partial charge in [-0.3, -0.25) is 4.79 Å². The minimum Gasteiger partial charge on any atom is -0.454 e. The number of unbranched alkanes of at least 4 members (excludes halogenated alkanes) is 1. The van der Waals surface area contributed by atoms with Gasteiger partial charge in [0, 0.05) is 25.2 Å². The number of rotatable bonds is 12. The van der Waals surface area contributed by atoms with Gasteiger partial charge in [-0.25, -0.2) is 13.6 Å². The van der Waals surface area contributed by atoms with Crippen molar-refractivity contribution in [1.29, 1.82) is 0 Å². The lowest BCUT2D eigenvalue weighted by molar-refractivity contribution is -0.127. The number of anilines is 1. The van der Waals surface area contributed by atoms with E-state index in [9.17, 15) is 13.2 Å². The van der Waals surface area contributed by atoms with Gasteiger partial charge in [0.2, 0.25) is 15.9 Å². The summed E-state index contributed by atoms with van der Waals surface area (Å²) < 4.78 is 31.4. The standard InChI is InChI=1S/C23H31N3O4S3/c1-4-7-13-25-19-14-17(23(31)32-16-21(27)26(5-2)6-3)15-20(33(24,28)29)22(19)30-18-11-9-8-10-12-18/h8-12,14-15,25H,4-7,13,16H2,1-3H3,(H2,24,28,29). The van der Waals surface area contributed by atoms with Crippen molar-refractivity contribution in [2.24, 2.45) is 5.14 Å². The van der Waals surface area contributed by atoms with Gasteiger partial charge in [-0.2, -0.15) is 0 Å². The monoisotopic (exact) mass is 509 g/mol. The third kappa shape index (κ3) is 7.99. The van der Waals surface area contributed by atoms with Crippen LogP contribution in [0.1, 0.15) is 39.2 Å². The highest BCUT2D eigenvalue weighted by molar-refractivity contribution is 8.24. The molecule has 3 N–H and O–H groups in total. The van der Waals surface area contributed by atoms with Crippen LogP contribution in [0.2, 0.25) is 0 Å². The fourth-order valence-corrected chi connectivity index (χ4v) is 4.77. The van der Waals surface area contributed by atoms with Crippen molar-refractivity contribution in [1.82, 2.24) is 4.90 Å². The summed E-state index contributed by atoms with van der Waals surface area (Å²) in [5.41, 5.74) is 0.970. The summed E-state index contributed by atoms with van der Waals surface area (Å²) in [6, 6.07) is 12.1. The number of nitrogens with one attached hydrogen (secondary N) is 1. The number of sulfonamides is 1. The lowest BCUT2D eigenvalue weighted by Crippen LogP contribution is -2.32. The summed E-state index contributed by atoms with van der Waals surface area (Å²) in [4.78, 5) is 13.9. The van der Waals surface area contributed by atoms with E-state index in [1.165, 1.54) is 17.8 Å². The molecule has 33 heavy (non-hydrogen) atoms. The highest BCUT2D eigenvalue weighted by Crippen LogP contribution is 2.38. The first-order valence-electron chi connectivity index (χ1n) is 10.8. The molecule has 7 nitrogen and oxygen atoms in total. The van der Waals surface area contributed by atoms with Gasteiger partial charge in [0.25, 0.3) is 0 Å². The number of ether oxygens (including phenoxy) is 1. The molecule has 0 unspecified atom stereocenters. The van der Waals surface area contributed by atoms with Crippen LogP contribution in [0.5, 0.6) is 11.5 Å². The second-order valence-electron chi connectivity index (χ2n) is 7.23. The van der Waals surface area contributed by atoms with E-state index < -0.39 is 10.0 Å². The number of nitrogens with two attached hydrogens (primary N) is 1. The Kier molecular flexibility index (Phi) is 10.6. The number of primary sulfonamides is 1. The SMILES string of the molecule is CCCCNc1cc(C(=S)SCC(=O)N(CC)CC)cc(S(N)(=O)=O)c1Oc1ccccc1. The second-order valence-corrected chi connectivity index (χ2v) is 10.4. The zero-order valence-electron chi connectivity index (χ0n) is 19.2. The molecule has 2 aromatic rings. The van der Waals surface area contributed by atoms with Crippen LogP contribution in [0.25, 0.3) is 0 Å². The number of para-hydroxylation sites is 1. The number of amides is 1. The molecule has 1 amide bonds. The fraction of sp³-hybridized carbons (Fsp3) is 0.391. The first-order valence-corrected chi connectivity index (χ1v) is 13.8. The van der Waals surface area contributed by atoms with Gasteiger partial charge in [-0.15, -0.1) is 11.8 Å². The van der Waals surface area contributed by atoms with Gasteiger partial charge in [-0.1, -0.05) is 43.8 Å². The summed E-state index contributed by atoms with van der Waals surface area (Å²) >= 11 is 6.74. The molecule has 0 aliphatic heterocycles. The second kappa shape index (κ2) is 12.9. The zero-order valence-corrected chi connectivity index (χ0v) is 21.6. The third-order valence-electron chi connectivity index (χ3n) is 4.85. The van der Waals surface area contributed by atoms with Crippen molar-refractivity contribution in [3.8, 4) is 11.5 Å². The predicted molar refractivity (Wildman–Crippen MR) is 140 cm³/mol. The Hall–Kier alpha value is -2.14. The third-order valence-corrected chi connectivity index (χ3v) is 7.24. The Labute approximate surface area is 206 Å². The molecule has 0 saturated heterocycles. The molecular weight excluding hydrogens is 478 g/mol. The van der Waals surface area contributed by atoms with Crippen LogP contribution in [-0.4, -0.2) is 48.8 Å². The quantitative estimate of drug-likeness (QED) is 0.318. The Bertz CT molecular complexity index is 1060. The first-order chi connectivity index (χ1) is 15.7. The average Bonchev–Trinajstić information content (AvgIpc) is 2.79. The lowest BCUT2D eigenvalue weighted by Gasteiger charge is -2.19. The van der Waals surface area contributed by atoms with E-state index in [2.05, 4.69) is 12.2 Å². The maximum Gasteiger partial charge on any atom is 0.241 e. The van der Waals surface area contributed by atoms with Crippen molar-refractivity contribution >= 4 is 49.8 Å². The molecule has 0 atom stereocenters. The molecule has 0 spiro atoms. The summed E-state index contributed by atoms with van der Waals surface area (Å²) in [7, 11) is -4.12. The maximum atomic E-state index is 12.5. The molecule has 2 rings (SSSR count). The van der Waals surface area contributed by atoms with Gasteiger partial charge in [-0.05, 0) is 44.5 Å². The van der Waals surface area contributed by atoms with E-state index in [-0.39, 0.29) is 22.3 Å². The number of benzene rings is 2. The molecule has 0 saturated carbocycles. The van der Waals surface area contributed by atoms with Gasteiger partial charge in [0.05, 0.1) is 15.6 Å². The van der Waals surface area contributed by atoms with Crippen LogP contribution >= 0.6 is 24.0 Å². The van der Waals surface area contributed by atoms with Crippen molar-refractivity contribution in [2.75, 3.05) is 30.7 Å². The van der Waals surface area contributed by atoms with Crippen LogP contribution in [-0.2, 0) is 14.8 Å². The average molecular weight is 510 g/mol. The van der Waals surface area contributed by atoms with E-state index in [1.54, 1.807) is 35.2 Å². The summed E-state index contributed by atoms with van der Waals surface area (Å²) in [5, 5.41) is 8.81. The van der Waals surface area contributed by atoms with E-state index in [1.807, 2.05) is 19.9 Å². The topological polar surface area (TPSA) is 102 Å². The number of carbonyl (C=O) groups is 1. The van der Waals surface area contributed by atoms with Crippen molar-refractivity contribution < 1.29 is 17.9 Å². The van der Waals surface area contributed by atoms with Crippen LogP contribution in [0.15, 0.2) is 47.4 Å². The van der Waals surface area contributed by atoms with Crippen LogP contribution < -0.4 is 15.2 Å². The highest BCUT2D eigenvalue weighted by atomic mass is 32.2. The first kappa shape index (κ1) is 27.1. The molecule has 10 heteroatoms. The molecule has 0 aromatic heterocycles. The molecule has 180 valence electrons. The molecule has 0 bridgehead atoms. The molecule has 0 heterocycles. The number of thiocarbonyl (C=S) groups is 1. The number of hydrogen-bond acceptors (Lipinski definition) is 7. The van der Waals surface area contributed by atoms with E-state index >= 15 is 0 Å². The van der Waals surface area contributed by atoms with E-state index in [4.69, 9.17) is 22.1 Å². The number of carbonyl (C=O) groups excluding carboxylic acids is 1. The predicted octanol–water partition coefficient (Wildman–Crippen LogP) is 4.62. The van der Waals surface area contributed by atoms with Crippen molar-refractivity contribution in [2.45, 2.75) is 38.5 Å². The van der Waals surface area contributed by atoms with Crippen molar-refractivity contribution in [3.63, 3.8) is 0 Å². The lowest BCUT2D eigenvalue weighted by atomic mass is 10.2. The minimum absolute atomic E-state index is 0.0238. The smallest absolute Gasteiger partial charge is 0.241 e. The highest BCUT2D eigenvalue weighted by Gasteiger charge is 2.23. The van der Waals surface area contributed by atoms with E-state index in [0.29, 0.717) is 40.8 Å².